The number of benzene rings is 2. The predicted octanol–water partition coefficient (Wildman–Crippen LogP) is 8.18. The summed E-state index contributed by atoms with van der Waals surface area (Å²) in [5, 5.41) is 9.23. The highest BCUT2D eigenvalue weighted by Gasteiger charge is 2.35. The number of nitrogens with two attached hydrogens (primary N) is 2. The molecule has 3 aliphatic heterocycles. The molecule has 24 nitrogen and oxygen atoms in total. The van der Waals surface area contributed by atoms with Crippen LogP contribution in [-0.4, -0.2) is 117 Å². The molecule has 0 aromatic heterocycles. The second-order valence-corrected chi connectivity index (χ2v) is 28.6. The summed E-state index contributed by atoms with van der Waals surface area (Å²) >= 11 is 0. The largest absolute Gasteiger partial charge is 0.466 e. The number of esters is 2. The zero-order valence-electron chi connectivity index (χ0n) is 52.4. The monoisotopic (exact) mass is 1300 g/mol. The average molecular weight is 1300 g/mol. The van der Waals surface area contributed by atoms with Crippen molar-refractivity contribution in [1.82, 2.24) is 14.2 Å². The molecule has 5 rings (SSSR count). The molecule has 3 saturated heterocycles. The fourth-order valence-corrected chi connectivity index (χ4v) is 11.3. The maximum absolute atomic E-state index is 10.9. The van der Waals surface area contributed by atoms with Gasteiger partial charge in [0.05, 0.1) is 46.2 Å². The topological polar surface area (TPSA) is 358 Å². The molecular weight excluding hydrogens is 1190 g/mol. The first-order chi connectivity index (χ1) is 38.6. The van der Waals surface area contributed by atoms with Crippen LogP contribution in [0.25, 0.3) is 0 Å². The number of hydrogen-bond acceptors (Lipinski definition) is 19. The lowest BCUT2D eigenvalue weighted by Gasteiger charge is -2.32. The number of hydrogen-bond donors (Lipinski definition) is 5. The van der Waals surface area contributed by atoms with E-state index in [4.69, 9.17) is 9.47 Å². The van der Waals surface area contributed by atoms with E-state index in [9.17, 15) is 51.7 Å². The Kier molecular flexibility index (Phi) is 39.7. The van der Waals surface area contributed by atoms with Crippen LogP contribution in [0.15, 0.2) is 60.7 Å². The molecule has 2 aromatic rings. The molecule has 7 N–H and O–H groups in total. The van der Waals surface area contributed by atoms with Crippen molar-refractivity contribution in [2.75, 3.05) is 46.2 Å². The number of carbonyl (C=O) groups excluding carboxylic acids is 2. The number of ether oxygens (including phenoxy) is 2. The van der Waals surface area contributed by atoms with Gasteiger partial charge in [-0.1, -0.05) is 143 Å². The van der Waals surface area contributed by atoms with E-state index in [1.165, 1.54) is 25.0 Å². The van der Waals surface area contributed by atoms with Crippen molar-refractivity contribution >= 4 is 63.5 Å². The minimum Gasteiger partial charge on any atom is -0.466 e. The lowest BCUT2D eigenvalue weighted by molar-refractivity contribution is -0.142. The van der Waals surface area contributed by atoms with Crippen molar-refractivity contribution in [3.05, 3.63) is 71.8 Å². The van der Waals surface area contributed by atoms with Crippen molar-refractivity contribution in [3.63, 3.8) is 0 Å². The van der Waals surface area contributed by atoms with Crippen LogP contribution in [-0.2, 0) is 96.9 Å². The zero-order chi connectivity index (χ0) is 65.1. The molecule has 2 aromatic carbocycles. The number of nitrogens with one attached hydrogen (secondary N) is 3. The van der Waals surface area contributed by atoms with Crippen LogP contribution in [0.3, 0.4) is 0 Å². The van der Waals surface area contributed by atoms with Gasteiger partial charge in [-0.05, 0) is 119 Å². The summed E-state index contributed by atoms with van der Waals surface area (Å²) in [5.41, 5.74) is 1.69. The summed E-state index contributed by atoms with van der Waals surface area (Å²) in [7, 11) is -17.8. The standard InChI is InChI=1S/C13H18O2.C12H16O2.3C6H13NO3S.2C6H15NO3S/c1-11(14)15-10-9-13(2,3)12-7-5-4-6-8-12;1-10(8-9-14-11(2)13)12-6-4-3-5-7-12;3*1-3-6(2)4-5-10-11(8,9)7-6;2*1-3-6(2)4-5-10-11(7,8)9/h4-8H,9-10H2,1-3H3;3-7,10H,8-9H2,1-2H3;3*7H,3-5H2,1-2H3;2*6H,3-5H2,1-2H3,(H2,7,8,9)/t;10-;5*6-/m.011100/s1. The second-order valence-electron chi connectivity index (χ2n) is 22.1. The van der Waals surface area contributed by atoms with E-state index in [-0.39, 0.29) is 47.2 Å². The minimum atomic E-state index is -3.73. The molecule has 0 bridgehead atoms. The summed E-state index contributed by atoms with van der Waals surface area (Å²) in [6, 6.07) is 20.5. The normalized spacial score (nSPS) is 22.4. The highest BCUT2D eigenvalue weighted by atomic mass is 32.3. The Labute approximate surface area is 505 Å². The summed E-state index contributed by atoms with van der Waals surface area (Å²) in [5.74, 6) is 0.994. The third-order valence-electron chi connectivity index (χ3n) is 14.1. The Balaban J connectivity index is 0. The number of carbonyl (C=O) groups is 2. The van der Waals surface area contributed by atoms with Crippen LogP contribution in [0.4, 0.5) is 0 Å². The third kappa shape index (κ3) is 43.4. The van der Waals surface area contributed by atoms with E-state index in [0.717, 1.165) is 77.0 Å². The SMILES string of the molecule is CC(=O)OCCC(C)(C)c1ccccc1.CC(=O)OCC[C@H](C)c1ccccc1.CC[C@H](C)CCOS(N)(=O)=O.CC[C@H](C)CCOS(N)(=O)=O.CC[C@]1(C)CCOS(=O)(=O)N1.CC[C@]1(C)CCOS(=O)(=O)N1.CC[C@]1(C)CCOS(=O)(=O)N1. The minimum absolute atomic E-state index is 0.0523. The summed E-state index contributed by atoms with van der Waals surface area (Å²) in [6.07, 6.45) is 9.80. The molecule has 3 aliphatic rings. The summed E-state index contributed by atoms with van der Waals surface area (Å²) in [4.78, 5) is 21.2. The van der Waals surface area contributed by atoms with Crippen LogP contribution in [0.2, 0.25) is 0 Å². The van der Waals surface area contributed by atoms with Gasteiger partial charge >= 0.3 is 63.5 Å². The second kappa shape index (κ2) is 40.3. The molecular formula is C55H103N5O19S5. The van der Waals surface area contributed by atoms with Gasteiger partial charge in [-0.2, -0.15) is 56.3 Å². The predicted molar refractivity (Wildman–Crippen MR) is 327 cm³/mol. The van der Waals surface area contributed by atoms with Crippen molar-refractivity contribution in [1.29, 1.82) is 0 Å². The number of rotatable bonds is 21. The van der Waals surface area contributed by atoms with E-state index in [1.54, 1.807) is 0 Å². The maximum atomic E-state index is 10.9. The van der Waals surface area contributed by atoms with Crippen molar-refractivity contribution in [3.8, 4) is 0 Å². The molecule has 6 atom stereocenters. The molecule has 0 radical (unpaired) electrons. The Morgan fingerprint density at radius 2 is 0.881 bits per heavy atom. The molecule has 0 saturated carbocycles. The van der Waals surface area contributed by atoms with Gasteiger partial charge in [0, 0.05) is 30.5 Å². The Morgan fingerprint density at radius 1 is 0.560 bits per heavy atom. The van der Waals surface area contributed by atoms with Gasteiger partial charge in [0.2, 0.25) is 0 Å². The lowest BCUT2D eigenvalue weighted by atomic mass is 9.82. The van der Waals surface area contributed by atoms with Gasteiger partial charge in [-0.15, -0.1) is 0 Å². The van der Waals surface area contributed by atoms with Crippen LogP contribution >= 0.6 is 0 Å². The molecule has 492 valence electrons. The van der Waals surface area contributed by atoms with Gasteiger partial charge in [0.15, 0.2) is 0 Å². The van der Waals surface area contributed by atoms with Gasteiger partial charge in [0.25, 0.3) is 0 Å². The first kappa shape index (κ1) is 82.8. The van der Waals surface area contributed by atoms with E-state index in [0.29, 0.717) is 50.8 Å². The van der Waals surface area contributed by atoms with E-state index >= 15 is 0 Å². The molecule has 3 heterocycles. The first-order valence-corrected chi connectivity index (χ1v) is 35.5. The van der Waals surface area contributed by atoms with Gasteiger partial charge < -0.3 is 9.47 Å². The molecule has 0 spiro atoms. The highest BCUT2D eigenvalue weighted by molar-refractivity contribution is 7.85. The molecule has 84 heavy (non-hydrogen) atoms. The highest BCUT2D eigenvalue weighted by Crippen LogP contribution is 2.27. The van der Waals surface area contributed by atoms with E-state index in [1.807, 2.05) is 106 Å². The van der Waals surface area contributed by atoms with Gasteiger partial charge in [-0.3, -0.25) is 30.5 Å². The van der Waals surface area contributed by atoms with Crippen molar-refractivity contribution in [2.24, 2.45) is 22.1 Å². The van der Waals surface area contributed by atoms with Gasteiger partial charge in [0.1, 0.15) is 0 Å². The molecule has 0 aliphatic carbocycles. The van der Waals surface area contributed by atoms with Crippen LogP contribution < -0.4 is 24.4 Å². The van der Waals surface area contributed by atoms with Crippen molar-refractivity contribution in [2.45, 2.75) is 209 Å². The van der Waals surface area contributed by atoms with Crippen LogP contribution in [0, 0.1) is 11.8 Å². The van der Waals surface area contributed by atoms with Crippen LogP contribution in [0.5, 0.6) is 0 Å². The molecule has 0 unspecified atom stereocenters. The molecule has 3 fully saturated rings. The van der Waals surface area contributed by atoms with Crippen molar-refractivity contribution < 1.29 is 82.1 Å². The smallest absolute Gasteiger partial charge is 0.336 e. The third-order valence-corrected chi connectivity index (χ3v) is 18.7. The summed E-state index contributed by atoms with van der Waals surface area (Å²) in [6.45, 7) is 31.2. The summed E-state index contributed by atoms with van der Waals surface area (Å²) < 4.78 is 146. The Morgan fingerprint density at radius 3 is 1.15 bits per heavy atom. The maximum Gasteiger partial charge on any atom is 0.336 e. The van der Waals surface area contributed by atoms with Gasteiger partial charge in [-0.25, -0.2) is 10.3 Å². The fourth-order valence-electron chi connectivity index (χ4n) is 6.97. The quantitative estimate of drug-likeness (QED) is 0.0735. The Hall–Kier alpha value is -3.27. The zero-order valence-corrected chi connectivity index (χ0v) is 56.5. The fraction of sp³-hybridized carbons (Fsp3) is 0.745. The molecule has 29 heteroatoms. The Bertz CT molecular complexity index is 2560. The van der Waals surface area contributed by atoms with E-state index < -0.39 is 51.5 Å². The lowest BCUT2D eigenvalue weighted by Crippen LogP contribution is -2.50. The average Bonchev–Trinajstić information content (AvgIpc) is 3.60. The van der Waals surface area contributed by atoms with E-state index in [2.05, 4.69) is 90.4 Å². The molecule has 0 amide bonds. The van der Waals surface area contributed by atoms with Crippen LogP contribution in [0.1, 0.15) is 198 Å². The first-order valence-electron chi connectivity index (χ1n) is 28.3.